The molecule has 1 amide bonds. The Balaban J connectivity index is 1.75. The molecule has 0 spiro atoms. The number of carbonyl (C=O) groups excluding carboxylic acids is 1. The van der Waals surface area contributed by atoms with Gasteiger partial charge in [0.2, 0.25) is 5.91 Å². The van der Waals surface area contributed by atoms with Gasteiger partial charge in [-0.05, 0) is 50.5 Å². The van der Waals surface area contributed by atoms with Crippen LogP contribution in [-0.4, -0.2) is 19.2 Å². The van der Waals surface area contributed by atoms with E-state index in [2.05, 4.69) is 58.3 Å². The fourth-order valence-corrected chi connectivity index (χ4v) is 4.65. The summed E-state index contributed by atoms with van der Waals surface area (Å²) in [7, 11) is 1.59. The summed E-state index contributed by atoms with van der Waals surface area (Å²) in [6.07, 6.45) is 1.80. The van der Waals surface area contributed by atoms with E-state index in [1.54, 1.807) is 13.3 Å². The number of hydrazone groups is 1. The first kappa shape index (κ1) is 20.0. The van der Waals surface area contributed by atoms with Crippen molar-refractivity contribution in [3.8, 4) is 5.75 Å². The van der Waals surface area contributed by atoms with Gasteiger partial charge < -0.3 is 4.74 Å². The van der Waals surface area contributed by atoms with Crippen molar-refractivity contribution in [2.75, 3.05) is 7.11 Å². The normalized spacial score (nSPS) is 11.1. The molecule has 0 radical (unpaired) electrons. The third kappa shape index (κ3) is 4.78. The molecule has 1 N–H and O–H groups in total. The third-order valence-corrected chi connectivity index (χ3v) is 5.68. The van der Waals surface area contributed by atoms with E-state index in [0.29, 0.717) is 5.75 Å². The molecule has 4 nitrogen and oxygen atoms in total. The predicted molar refractivity (Wildman–Crippen MR) is 119 cm³/mol. The van der Waals surface area contributed by atoms with Crippen molar-refractivity contribution >= 4 is 70.7 Å². The van der Waals surface area contributed by atoms with E-state index in [0.717, 1.165) is 35.3 Å². The standard InChI is InChI=1S/C20H15Br3N2O2/c1-27-20-13(8-14(21)10-18(20)23)11-24-25-19(26)9-12-6-7-17(22)16-5-3-2-4-15(12)16/h2-8,10-11H,9H2,1H3,(H,25,26). The van der Waals surface area contributed by atoms with Gasteiger partial charge in [0, 0.05) is 14.5 Å². The number of hydrogen-bond donors (Lipinski definition) is 1. The van der Waals surface area contributed by atoms with E-state index in [1.807, 2.05) is 48.5 Å². The SMILES string of the molecule is COc1c(Br)cc(Br)cc1C=NNC(=O)Cc1ccc(Br)c2ccccc12. The topological polar surface area (TPSA) is 50.7 Å². The zero-order chi connectivity index (χ0) is 19.4. The molecule has 0 atom stereocenters. The van der Waals surface area contributed by atoms with Gasteiger partial charge in [0.15, 0.2) is 0 Å². The number of halogens is 3. The largest absolute Gasteiger partial charge is 0.495 e. The van der Waals surface area contributed by atoms with Crippen molar-refractivity contribution in [1.82, 2.24) is 5.43 Å². The zero-order valence-corrected chi connectivity index (χ0v) is 19.1. The summed E-state index contributed by atoms with van der Waals surface area (Å²) in [5.41, 5.74) is 4.27. The van der Waals surface area contributed by atoms with Crippen LogP contribution >= 0.6 is 47.8 Å². The van der Waals surface area contributed by atoms with Crippen molar-refractivity contribution in [3.05, 3.63) is 73.1 Å². The minimum atomic E-state index is -0.188. The van der Waals surface area contributed by atoms with Gasteiger partial charge in [0.1, 0.15) is 5.75 Å². The lowest BCUT2D eigenvalue weighted by molar-refractivity contribution is -0.120. The maximum absolute atomic E-state index is 12.3. The molecule has 0 bridgehead atoms. The lowest BCUT2D eigenvalue weighted by Crippen LogP contribution is -2.20. The second-order valence-electron chi connectivity index (χ2n) is 5.73. The molecule has 0 aliphatic carbocycles. The van der Waals surface area contributed by atoms with E-state index < -0.39 is 0 Å². The predicted octanol–water partition coefficient (Wildman–Crippen LogP) is 5.83. The first-order valence-electron chi connectivity index (χ1n) is 8.00. The quantitative estimate of drug-likeness (QED) is 0.319. The van der Waals surface area contributed by atoms with Gasteiger partial charge in [-0.25, -0.2) is 5.43 Å². The van der Waals surface area contributed by atoms with Crippen LogP contribution in [0.2, 0.25) is 0 Å². The Bertz CT molecular complexity index is 1040. The molecule has 0 aliphatic heterocycles. The highest BCUT2D eigenvalue weighted by Gasteiger charge is 2.10. The third-order valence-electron chi connectivity index (χ3n) is 3.95. The van der Waals surface area contributed by atoms with E-state index in [4.69, 9.17) is 4.74 Å². The molecule has 0 aromatic heterocycles. The molecular formula is C20H15Br3N2O2. The molecule has 138 valence electrons. The number of carbonyl (C=O) groups is 1. The highest BCUT2D eigenvalue weighted by molar-refractivity contribution is 9.11. The average molecular weight is 555 g/mol. The number of nitrogens with zero attached hydrogens (tertiary/aromatic N) is 1. The van der Waals surface area contributed by atoms with Gasteiger partial charge in [-0.1, -0.05) is 62.2 Å². The number of amides is 1. The summed E-state index contributed by atoms with van der Waals surface area (Å²) in [5.74, 6) is 0.460. The minimum Gasteiger partial charge on any atom is -0.495 e. The molecule has 0 unspecified atom stereocenters. The van der Waals surface area contributed by atoms with Gasteiger partial charge >= 0.3 is 0 Å². The maximum Gasteiger partial charge on any atom is 0.244 e. The van der Waals surface area contributed by atoms with E-state index in [9.17, 15) is 4.79 Å². The molecule has 0 aliphatic rings. The van der Waals surface area contributed by atoms with Crippen LogP contribution in [0.25, 0.3) is 10.8 Å². The van der Waals surface area contributed by atoms with Crippen LogP contribution in [0, 0.1) is 0 Å². The number of hydrogen-bond acceptors (Lipinski definition) is 3. The molecule has 0 fully saturated rings. The van der Waals surface area contributed by atoms with Crippen LogP contribution in [0.4, 0.5) is 0 Å². The van der Waals surface area contributed by atoms with Crippen LogP contribution in [0.5, 0.6) is 5.75 Å². The van der Waals surface area contributed by atoms with Gasteiger partial charge in [-0.2, -0.15) is 5.10 Å². The molecular weight excluding hydrogens is 540 g/mol. The molecule has 0 saturated carbocycles. The van der Waals surface area contributed by atoms with Gasteiger partial charge in [0.25, 0.3) is 0 Å². The second-order valence-corrected chi connectivity index (χ2v) is 8.36. The van der Waals surface area contributed by atoms with Crippen molar-refractivity contribution in [2.45, 2.75) is 6.42 Å². The molecule has 0 heterocycles. The van der Waals surface area contributed by atoms with Crippen LogP contribution in [0.15, 0.2) is 67.1 Å². The Kier molecular flexibility index (Phi) is 6.68. The Morgan fingerprint density at radius 1 is 1.07 bits per heavy atom. The van der Waals surface area contributed by atoms with Crippen molar-refractivity contribution < 1.29 is 9.53 Å². The highest BCUT2D eigenvalue weighted by Crippen LogP contribution is 2.31. The van der Waals surface area contributed by atoms with Gasteiger partial charge in [-0.3, -0.25) is 4.79 Å². The minimum absolute atomic E-state index is 0.188. The van der Waals surface area contributed by atoms with E-state index in [1.165, 1.54) is 0 Å². The number of rotatable bonds is 5. The summed E-state index contributed by atoms with van der Waals surface area (Å²) >= 11 is 10.4. The van der Waals surface area contributed by atoms with E-state index >= 15 is 0 Å². The molecule has 3 aromatic rings. The fraction of sp³-hybridized carbons (Fsp3) is 0.100. The molecule has 3 rings (SSSR count). The maximum atomic E-state index is 12.3. The number of methoxy groups -OCH3 is 1. The zero-order valence-electron chi connectivity index (χ0n) is 14.3. The van der Waals surface area contributed by atoms with Crippen molar-refractivity contribution in [3.63, 3.8) is 0 Å². The Morgan fingerprint density at radius 3 is 2.56 bits per heavy atom. The van der Waals surface area contributed by atoms with Gasteiger partial charge in [0.05, 0.1) is 24.2 Å². The Labute approximate surface area is 182 Å². The van der Waals surface area contributed by atoms with Gasteiger partial charge in [-0.15, -0.1) is 0 Å². The highest BCUT2D eigenvalue weighted by atomic mass is 79.9. The monoisotopic (exact) mass is 552 g/mol. The second kappa shape index (κ2) is 8.99. The van der Waals surface area contributed by atoms with E-state index in [-0.39, 0.29) is 12.3 Å². The summed E-state index contributed by atoms with van der Waals surface area (Å²) < 4.78 is 8.05. The molecule has 0 saturated heterocycles. The Hall–Kier alpha value is -1.70. The van der Waals surface area contributed by atoms with Crippen LogP contribution in [-0.2, 0) is 11.2 Å². The number of fused-ring (bicyclic) bond motifs is 1. The number of nitrogens with one attached hydrogen (secondary N) is 1. The first-order valence-corrected chi connectivity index (χ1v) is 10.4. The summed E-state index contributed by atoms with van der Waals surface area (Å²) in [4.78, 5) is 12.3. The van der Waals surface area contributed by atoms with Crippen LogP contribution < -0.4 is 10.2 Å². The van der Waals surface area contributed by atoms with Crippen LogP contribution in [0.3, 0.4) is 0 Å². The molecule has 7 heteroatoms. The smallest absolute Gasteiger partial charge is 0.244 e. The number of ether oxygens (including phenoxy) is 1. The Morgan fingerprint density at radius 2 is 1.81 bits per heavy atom. The summed E-state index contributed by atoms with van der Waals surface area (Å²) in [6.45, 7) is 0. The lowest BCUT2D eigenvalue weighted by Gasteiger charge is -2.08. The number of benzene rings is 3. The lowest BCUT2D eigenvalue weighted by atomic mass is 10.0. The fourth-order valence-electron chi connectivity index (χ4n) is 2.76. The van der Waals surface area contributed by atoms with Crippen molar-refractivity contribution in [1.29, 1.82) is 0 Å². The van der Waals surface area contributed by atoms with Crippen molar-refractivity contribution in [2.24, 2.45) is 5.10 Å². The molecule has 3 aromatic carbocycles. The molecule has 27 heavy (non-hydrogen) atoms. The summed E-state index contributed by atoms with van der Waals surface area (Å²) in [5, 5.41) is 6.19. The average Bonchev–Trinajstić information content (AvgIpc) is 2.64. The summed E-state index contributed by atoms with van der Waals surface area (Å²) in [6, 6.07) is 15.6. The van der Waals surface area contributed by atoms with Crippen LogP contribution in [0.1, 0.15) is 11.1 Å². The first-order chi connectivity index (χ1) is 13.0.